The van der Waals surface area contributed by atoms with Crippen molar-refractivity contribution in [1.29, 1.82) is 0 Å². The van der Waals surface area contributed by atoms with Crippen LogP contribution in [0.1, 0.15) is 18.1 Å². The van der Waals surface area contributed by atoms with Gasteiger partial charge in [-0.05, 0) is 30.2 Å². The standard InChI is InChI=1S/C17H18FNO3/c1-2-22-16-10-14(18)7-8-15(16)19-11-13-5-3-12(4-6-13)9-17(20)21/h3-8,10,19H,2,9,11H2,1H3,(H,20,21). The van der Waals surface area contributed by atoms with E-state index >= 15 is 0 Å². The van der Waals surface area contributed by atoms with Gasteiger partial charge in [-0.1, -0.05) is 24.3 Å². The van der Waals surface area contributed by atoms with Gasteiger partial charge in [0.1, 0.15) is 11.6 Å². The number of anilines is 1. The Morgan fingerprint density at radius 3 is 2.50 bits per heavy atom. The summed E-state index contributed by atoms with van der Waals surface area (Å²) in [5.74, 6) is -0.712. The molecule has 0 atom stereocenters. The van der Waals surface area contributed by atoms with Crippen LogP contribution in [-0.4, -0.2) is 17.7 Å². The van der Waals surface area contributed by atoms with Gasteiger partial charge in [-0.2, -0.15) is 0 Å². The van der Waals surface area contributed by atoms with Gasteiger partial charge in [0.15, 0.2) is 0 Å². The Bertz CT molecular complexity index is 641. The molecule has 0 heterocycles. The summed E-state index contributed by atoms with van der Waals surface area (Å²) in [6.45, 7) is 2.84. The molecular formula is C17H18FNO3. The van der Waals surface area contributed by atoms with Crippen LogP contribution in [0.4, 0.5) is 10.1 Å². The summed E-state index contributed by atoms with van der Waals surface area (Å²) in [6, 6.07) is 11.7. The third-order valence-electron chi connectivity index (χ3n) is 3.10. The van der Waals surface area contributed by atoms with E-state index in [0.29, 0.717) is 18.9 Å². The fourth-order valence-corrected chi connectivity index (χ4v) is 2.06. The second kappa shape index (κ2) is 7.45. The molecule has 116 valence electrons. The Morgan fingerprint density at radius 1 is 1.18 bits per heavy atom. The van der Waals surface area contributed by atoms with Gasteiger partial charge >= 0.3 is 5.97 Å². The first-order chi connectivity index (χ1) is 10.6. The topological polar surface area (TPSA) is 58.6 Å². The monoisotopic (exact) mass is 303 g/mol. The summed E-state index contributed by atoms with van der Waals surface area (Å²) in [5, 5.41) is 11.9. The zero-order valence-electron chi connectivity index (χ0n) is 12.3. The van der Waals surface area contributed by atoms with E-state index in [0.717, 1.165) is 16.8 Å². The van der Waals surface area contributed by atoms with E-state index in [2.05, 4.69) is 5.32 Å². The Morgan fingerprint density at radius 2 is 1.86 bits per heavy atom. The van der Waals surface area contributed by atoms with Crippen molar-refractivity contribution in [3.05, 3.63) is 59.4 Å². The number of carbonyl (C=O) groups is 1. The maximum Gasteiger partial charge on any atom is 0.307 e. The van der Waals surface area contributed by atoms with Crippen LogP contribution in [-0.2, 0) is 17.8 Å². The van der Waals surface area contributed by atoms with Crippen molar-refractivity contribution in [2.24, 2.45) is 0 Å². The van der Waals surface area contributed by atoms with Crippen molar-refractivity contribution in [2.45, 2.75) is 19.9 Å². The average Bonchev–Trinajstić information content (AvgIpc) is 2.48. The van der Waals surface area contributed by atoms with Crippen LogP contribution >= 0.6 is 0 Å². The zero-order valence-corrected chi connectivity index (χ0v) is 12.3. The summed E-state index contributed by atoms with van der Waals surface area (Å²) >= 11 is 0. The van der Waals surface area contributed by atoms with Gasteiger partial charge in [-0.3, -0.25) is 4.79 Å². The summed E-state index contributed by atoms with van der Waals surface area (Å²) in [5.41, 5.74) is 2.48. The molecule has 0 spiro atoms. The van der Waals surface area contributed by atoms with Crippen LogP contribution in [0.2, 0.25) is 0 Å². The first kappa shape index (κ1) is 15.8. The first-order valence-corrected chi connectivity index (χ1v) is 7.04. The fraction of sp³-hybridized carbons (Fsp3) is 0.235. The van der Waals surface area contributed by atoms with Crippen molar-refractivity contribution < 1.29 is 19.0 Å². The van der Waals surface area contributed by atoms with E-state index in [9.17, 15) is 9.18 Å². The number of carboxylic acid groups (broad SMARTS) is 1. The third-order valence-corrected chi connectivity index (χ3v) is 3.10. The number of aliphatic carboxylic acids is 1. The van der Waals surface area contributed by atoms with E-state index < -0.39 is 5.97 Å². The molecule has 2 aromatic rings. The lowest BCUT2D eigenvalue weighted by atomic mass is 10.1. The van der Waals surface area contributed by atoms with Gasteiger partial charge in [-0.25, -0.2) is 4.39 Å². The van der Waals surface area contributed by atoms with Crippen molar-refractivity contribution in [3.63, 3.8) is 0 Å². The Kier molecular flexibility index (Phi) is 5.36. The van der Waals surface area contributed by atoms with E-state index in [4.69, 9.17) is 9.84 Å². The maximum absolute atomic E-state index is 13.2. The van der Waals surface area contributed by atoms with Gasteiger partial charge < -0.3 is 15.2 Å². The van der Waals surface area contributed by atoms with Crippen LogP contribution in [0.25, 0.3) is 0 Å². The van der Waals surface area contributed by atoms with Gasteiger partial charge in [0.2, 0.25) is 0 Å². The second-order valence-electron chi connectivity index (χ2n) is 4.81. The number of carboxylic acids is 1. The van der Waals surface area contributed by atoms with Gasteiger partial charge in [0.05, 0.1) is 18.7 Å². The number of hydrogen-bond donors (Lipinski definition) is 2. The normalized spacial score (nSPS) is 10.3. The molecule has 0 unspecified atom stereocenters. The molecule has 22 heavy (non-hydrogen) atoms. The Balaban J connectivity index is 2.02. The molecule has 0 aromatic heterocycles. The fourth-order valence-electron chi connectivity index (χ4n) is 2.06. The molecule has 0 aliphatic rings. The minimum Gasteiger partial charge on any atom is -0.492 e. The molecule has 0 aliphatic carbocycles. The lowest BCUT2D eigenvalue weighted by Crippen LogP contribution is -2.04. The molecule has 0 radical (unpaired) electrons. The van der Waals surface area contributed by atoms with Gasteiger partial charge in [0.25, 0.3) is 0 Å². The van der Waals surface area contributed by atoms with Crippen molar-refractivity contribution in [3.8, 4) is 5.75 Å². The number of ether oxygens (including phenoxy) is 1. The summed E-state index contributed by atoms with van der Waals surface area (Å²) in [7, 11) is 0. The van der Waals surface area contributed by atoms with Crippen LogP contribution < -0.4 is 10.1 Å². The summed E-state index contributed by atoms with van der Waals surface area (Å²) in [4.78, 5) is 10.6. The SMILES string of the molecule is CCOc1cc(F)ccc1NCc1ccc(CC(=O)O)cc1. The van der Waals surface area contributed by atoms with E-state index in [-0.39, 0.29) is 12.2 Å². The average molecular weight is 303 g/mol. The first-order valence-electron chi connectivity index (χ1n) is 7.04. The smallest absolute Gasteiger partial charge is 0.307 e. The Hall–Kier alpha value is -2.56. The molecule has 0 fully saturated rings. The summed E-state index contributed by atoms with van der Waals surface area (Å²) < 4.78 is 18.6. The van der Waals surface area contributed by atoms with Crippen molar-refractivity contribution in [1.82, 2.24) is 0 Å². The predicted molar refractivity (Wildman–Crippen MR) is 82.7 cm³/mol. The molecule has 0 saturated heterocycles. The van der Waals surface area contributed by atoms with Crippen LogP contribution in [0.5, 0.6) is 5.75 Å². The third kappa shape index (κ3) is 4.48. The highest BCUT2D eigenvalue weighted by molar-refractivity contribution is 5.70. The molecular weight excluding hydrogens is 285 g/mol. The molecule has 4 nitrogen and oxygen atoms in total. The van der Waals surface area contributed by atoms with Gasteiger partial charge in [0, 0.05) is 12.6 Å². The number of rotatable bonds is 7. The molecule has 2 aromatic carbocycles. The molecule has 0 aliphatic heterocycles. The lowest BCUT2D eigenvalue weighted by Gasteiger charge is -2.12. The molecule has 5 heteroatoms. The maximum atomic E-state index is 13.2. The largest absolute Gasteiger partial charge is 0.492 e. The molecule has 2 N–H and O–H groups in total. The van der Waals surface area contributed by atoms with Crippen LogP contribution in [0.15, 0.2) is 42.5 Å². The highest BCUT2D eigenvalue weighted by Crippen LogP contribution is 2.26. The predicted octanol–water partition coefficient (Wildman–Crippen LogP) is 3.46. The number of halogens is 1. The van der Waals surface area contributed by atoms with Crippen LogP contribution in [0, 0.1) is 5.82 Å². The number of benzene rings is 2. The summed E-state index contributed by atoms with van der Waals surface area (Å²) in [6.07, 6.45) is 0.0140. The molecule has 2 rings (SSSR count). The number of hydrogen-bond acceptors (Lipinski definition) is 3. The minimum atomic E-state index is -0.849. The highest BCUT2D eigenvalue weighted by Gasteiger charge is 2.05. The number of nitrogens with one attached hydrogen (secondary N) is 1. The quantitative estimate of drug-likeness (QED) is 0.822. The molecule has 0 amide bonds. The second-order valence-corrected chi connectivity index (χ2v) is 4.81. The van der Waals surface area contributed by atoms with Crippen molar-refractivity contribution in [2.75, 3.05) is 11.9 Å². The zero-order chi connectivity index (χ0) is 15.9. The van der Waals surface area contributed by atoms with Gasteiger partial charge in [-0.15, -0.1) is 0 Å². The van der Waals surface area contributed by atoms with E-state index in [1.165, 1.54) is 12.1 Å². The van der Waals surface area contributed by atoms with E-state index in [1.807, 2.05) is 19.1 Å². The highest BCUT2D eigenvalue weighted by atomic mass is 19.1. The molecule has 0 bridgehead atoms. The molecule has 0 saturated carbocycles. The Labute approximate surface area is 128 Å². The van der Waals surface area contributed by atoms with E-state index in [1.54, 1.807) is 18.2 Å². The van der Waals surface area contributed by atoms with Crippen molar-refractivity contribution >= 4 is 11.7 Å². The minimum absolute atomic E-state index is 0.0140. The lowest BCUT2D eigenvalue weighted by molar-refractivity contribution is -0.136. The van der Waals surface area contributed by atoms with Crippen LogP contribution in [0.3, 0.4) is 0 Å².